The molecule has 0 saturated heterocycles. The minimum atomic E-state index is -0.379. The second-order valence-corrected chi connectivity index (χ2v) is 6.09. The highest BCUT2D eigenvalue weighted by molar-refractivity contribution is 6.05. The highest BCUT2D eigenvalue weighted by Crippen LogP contribution is 2.23. The molecule has 3 rings (SSSR count). The maximum absolute atomic E-state index is 13.2. The van der Waals surface area contributed by atoms with E-state index in [0.717, 1.165) is 0 Å². The van der Waals surface area contributed by atoms with Crippen LogP contribution in [0.5, 0.6) is 5.75 Å². The summed E-state index contributed by atoms with van der Waals surface area (Å²) >= 11 is 0. The molecule has 0 radical (unpaired) electrons. The summed E-state index contributed by atoms with van der Waals surface area (Å²) < 4.78 is 18.4. The highest BCUT2D eigenvalue weighted by Gasteiger charge is 2.10. The van der Waals surface area contributed by atoms with Crippen molar-refractivity contribution in [1.82, 2.24) is 0 Å². The van der Waals surface area contributed by atoms with Crippen molar-refractivity contribution in [2.24, 2.45) is 0 Å². The molecule has 0 aliphatic carbocycles. The maximum atomic E-state index is 13.2. The number of halogens is 1. The summed E-state index contributed by atoms with van der Waals surface area (Å²) in [5, 5.41) is 5.52. The predicted octanol–water partition coefficient (Wildman–Crippen LogP) is 4.27. The van der Waals surface area contributed by atoms with Gasteiger partial charge in [0.15, 0.2) is 0 Å². The Morgan fingerprint density at radius 2 is 1.68 bits per heavy atom. The van der Waals surface area contributed by atoms with E-state index in [1.807, 2.05) is 6.07 Å². The first-order valence-corrected chi connectivity index (χ1v) is 8.64. The van der Waals surface area contributed by atoms with Crippen molar-refractivity contribution in [3.05, 3.63) is 89.7 Å². The Labute approximate surface area is 162 Å². The standard InChI is InChI=1S/C22H19FN2O3/c1-28-20-8-3-2-7-19(20)25-22(27)16-9-11-18(12-10-16)24-21(26)14-15-5-4-6-17(23)13-15/h2-13H,14H2,1H3,(H,24,26)(H,25,27). The van der Waals surface area contributed by atoms with Crippen LogP contribution in [0.4, 0.5) is 15.8 Å². The molecule has 0 saturated carbocycles. The van der Waals surface area contributed by atoms with E-state index < -0.39 is 0 Å². The van der Waals surface area contributed by atoms with Crippen molar-refractivity contribution < 1.29 is 18.7 Å². The molecule has 3 aromatic rings. The van der Waals surface area contributed by atoms with Gasteiger partial charge in [0, 0.05) is 11.3 Å². The Bertz CT molecular complexity index is 987. The van der Waals surface area contributed by atoms with Gasteiger partial charge in [-0.15, -0.1) is 0 Å². The van der Waals surface area contributed by atoms with Crippen molar-refractivity contribution in [2.75, 3.05) is 17.7 Å². The zero-order valence-corrected chi connectivity index (χ0v) is 15.2. The number of hydrogen-bond acceptors (Lipinski definition) is 3. The first-order chi connectivity index (χ1) is 13.5. The van der Waals surface area contributed by atoms with Gasteiger partial charge in [-0.05, 0) is 54.1 Å². The molecule has 5 nitrogen and oxygen atoms in total. The maximum Gasteiger partial charge on any atom is 0.255 e. The summed E-state index contributed by atoms with van der Waals surface area (Å²) in [5.41, 5.74) is 2.15. The molecule has 0 atom stereocenters. The third-order valence-electron chi connectivity index (χ3n) is 4.04. The average molecular weight is 378 g/mol. The highest BCUT2D eigenvalue weighted by atomic mass is 19.1. The van der Waals surface area contributed by atoms with Gasteiger partial charge in [0.25, 0.3) is 5.91 Å². The molecule has 28 heavy (non-hydrogen) atoms. The fourth-order valence-corrected chi connectivity index (χ4v) is 2.68. The number of para-hydroxylation sites is 2. The van der Waals surface area contributed by atoms with Gasteiger partial charge < -0.3 is 15.4 Å². The molecule has 2 amide bonds. The van der Waals surface area contributed by atoms with Crippen molar-refractivity contribution >= 4 is 23.2 Å². The Morgan fingerprint density at radius 3 is 2.39 bits per heavy atom. The minimum Gasteiger partial charge on any atom is -0.495 e. The van der Waals surface area contributed by atoms with Gasteiger partial charge in [-0.2, -0.15) is 0 Å². The van der Waals surface area contributed by atoms with E-state index in [4.69, 9.17) is 4.74 Å². The number of nitrogens with one attached hydrogen (secondary N) is 2. The number of methoxy groups -OCH3 is 1. The monoisotopic (exact) mass is 378 g/mol. The van der Waals surface area contributed by atoms with Crippen molar-refractivity contribution in [1.29, 1.82) is 0 Å². The number of carbonyl (C=O) groups is 2. The van der Waals surface area contributed by atoms with Gasteiger partial charge in [-0.1, -0.05) is 24.3 Å². The molecule has 0 heterocycles. The number of anilines is 2. The number of benzene rings is 3. The minimum absolute atomic E-state index is 0.0633. The van der Waals surface area contributed by atoms with E-state index in [0.29, 0.717) is 28.3 Å². The molecule has 3 aromatic carbocycles. The normalized spacial score (nSPS) is 10.2. The molecule has 142 valence electrons. The van der Waals surface area contributed by atoms with Gasteiger partial charge >= 0.3 is 0 Å². The fourth-order valence-electron chi connectivity index (χ4n) is 2.68. The lowest BCUT2D eigenvalue weighted by Crippen LogP contribution is -2.15. The van der Waals surface area contributed by atoms with Crippen LogP contribution >= 0.6 is 0 Å². The lowest BCUT2D eigenvalue weighted by molar-refractivity contribution is -0.115. The van der Waals surface area contributed by atoms with Crippen LogP contribution in [0, 0.1) is 5.82 Å². The lowest BCUT2D eigenvalue weighted by Gasteiger charge is -2.10. The van der Waals surface area contributed by atoms with Crippen molar-refractivity contribution in [3.63, 3.8) is 0 Å². The number of amides is 2. The van der Waals surface area contributed by atoms with Gasteiger partial charge in [0.05, 0.1) is 19.2 Å². The molecule has 6 heteroatoms. The first kappa shape index (κ1) is 19.1. The summed E-state index contributed by atoms with van der Waals surface area (Å²) in [5.74, 6) is -0.369. The smallest absolute Gasteiger partial charge is 0.255 e. The Hall–Kier alpha value is -3.67. The molecule has 0 aliphatic heterocycles. The average Bonchev–Trinajstić information content (AvgIpc) is 2.69. The Kier molecular flexibility index (Phi) is 6.01. The van der Waals surface area contributed by atoms with Crippen LogP contribution in [-0.2, 0) is 11.2 Å². The molecule has 2 N–H and O–H groups in total. The third-order valence-corrected chi connectivity index (χ3v) is 4.04. The van der Waals surface area contributed by atoms with Crippen LogP contribution < -0.4 is 15.4 Å². The van der Waals surface area contributed by atoms with Gasteiger partial charge in [0.2, 0.25) is 5.91 Å². The third kappa shape index (κ3) is 4.94. The van der Waals surface area contributed by atoms with Crippen LogP contribution in [0.25, 0.3) is 0 Å². The summed E-state index contributed by atoms with van der Waals surface area (Å²) in [6.07, 6.45) is 0.0633. The van der Waals surface area contributed by atoms with Crippen LogP contribution in [0.15, 0.2) is 72.8 Å². The zero-order chi connectivity index (χ0) is 19.9. The largest absolute Gasteiger partial charge is 0.495 e. The van der Waals surface area contributed by atoms with Crippen molar-refractivity contribution in [2.45, 2.75) is 6.42 Å². The number of ether oxygens (including phenoxy) is 1. The molecule has 0 aliphatic rings. The van der Waals surface area contributed by atoms with E-state index in [2.05, 4.69) is 10.6 Å². The topological polar surface area (TPSA) is 67.4 Å². The fraction of sp³-hybridized carbons (Fsp3) is 0.0909. The van der Waals surface area contributed by atoms with Gasteiger partial charge in [-0.3, -0.25) is 9.59 Å². The summed E-state index contributed by atoms with van der Waals surface area (Å²) in [7, 11) is 1.53. The summed E-state index contributed by atoms with van der Waals surface area (Å²) in [4.78, 5) is 24.5. The first-order valence-electron chi connectivity index (χ1n) is 8.64. The van der Waals surface area contributed by atoms with Crippen LogP contribution in [0.2, 0.25) is 0 Å². The second-order valence-electron chi connectivity index (χ2n) is 6.09. The van der Waals surface area contributed by atoms with Gasteiger partial charge in [0.1, 0.15) is 11.6 Å². The predicted molar refractivity (Wildman–Crippen MR) is 106 cm³/mol. The molecular formula is C22H19FN2O3. The molecule has 0 aromatic heterocycles. The quantitative estimate of drug-likeness (QED) is 0.673. The molecule has 0 bridgehead atoms. The van der Waals surface area contributed by atoms with Crippen LogP contribution in [0.1, 0.15) is 15.9 Å². The van der Waals surface area contributed by atoms with E-state index in [9.17, 15) is 14.0 Å². The number of carbonyl (C=O) groups excluding carboxylic acids is 2. The molecule has 0 unspecified atom stereocenters. The van der Waals surface area contributed by atoms with E-state index in [-0.39, 0.29) is 24.1 Å². The Balaban J connectivity index is 1.61. The SMILES string of the molecule is COc1ccccc1NC(=O)c1ccc(NC(=O)Cc2cccc(F)c2)cc1. The molecular weight excluding hydrogens is 359 g/mol. The number of rotatable bonds is 6. The van der Waals surface area contributed by atoms with E-state index in [1.54, 1.807) is 54.6 Å². The lowest BCUT2D eigenvalue weighted by atomic mass is 10.1. The van der Waals surface area contributed by atoms with Crippen LogP contribution in [0.3, 0.4) is 0 Å². The molecule has 0 spiro atoms. The molecule has 0 fully saturated rings. The zero-order valence-electron chi connectivity index (χ0n) is 15.2. The second kappa shape index (κ2) is 8.81. The number of hydrogen-bond donors (Lipinski definition) is 2. The Morgan fingerprint density at radius 1 is 0.929 bits per heavy atom. The van der Waals surface area contributed by atoms with E-state index >= 15 is 0 Å². The summed E-state index contributed by atoms with van der Waals surface area (Å²) in [6, 6.07) is 19.5. The van der Waals surface area contributed by atoms with E-state index in [1.165, 1.54) is 19.2 Å². The summed E-state index contributed by atoms with van der Waals surface area (Å²) in [6.45, 7) is 0. The van der Waals surface area contributed by atoms with Crippen LogP contribution in [-0.4, -0.2) is 18.9 Å². The van der Waals surface area contributed by atoms with Gasteiger partial charge in [-0.25, -0.2) is 4.39 Å². The van der Waals surface area contributed by atoms with Crippen molar-refractivity contribution in [3.8, 4) is 5.75 Å².